The SMILES string of the molecule is Cc1nc(-n2nnc(-c3ccccc3)n2)c2c3c(sc2n1)CCC3. The Morgan fingerprint density at radius 2 is 1.96 bits per heavy atom. The molecule has 0 amide bonds. The fourth-order valence-electron chi connectivity index (χ4n) is 3.23. The van der Waals surface area contributed by atoms with Gasteiger partial charge in [-0.05, 0) is 37.0 Å². The van der Waals surface area contributed by atoms with Crippen LogP contribution in [-0.4, -0.2) is 30.2 Å². The number of thiophene rings is 1. The zero-order valence-electron chi connectivity index (χ0n) is 13.1. The normalized spacial score (nSPS) is 13.5. The number of aromatic nitrogens is 6. The Morgan fingerprint density at radius 3 is 2.83 bits per heavy atom. The van der Waals surface area contributed by atoms with Crippen LogP contribution >= 0.6 is 11.3 Å². The standard InChI is InChI=1S/C17H14N6S/c1-10-18-16(14-12-8-5-9-13(12)24-17(14)19-10)23-21-15(20-22-23)11-6-3-2-4-7-11/h2-4,6-7H,5,8-9H2,1H3. The van der Waals surface area contributed by atoms with Gasteiger partial charge in [-0.3, -0.25) is 0 Å². The van der Waals surface area contributed by atoms with Gasteiger partial charge < -0.3 is 0 Å². The smallest absolute Gasteiger partial charge is 0.205 e. The highest BCUT2D eigenvalue weighted by atomic mass is 32.1. The zero-order chi connectivity index (χ0) is 16.1. The van der Waals surface area contributed by atoms with Crippen LogP contribution in [-0.2, 0) is 12.8 Å². The third-order valence-electron chi connectivity index (χ3n) is 4.29. The number of aryl methyl sites for hydroxylation is 3. The molecule has 6 nitrogen and oxygen atoms in total. The molecule has 0 unspecified atom stereocenters. The van der Waals surface area contributed by atoms with Crippen molar-refractivity contribution in [1.82, 2.24) is 30.2 Å². The monoisotopic (exact) mass is 334 g/mol. The molecule has 4 aromatic rings. The average molecular weight is 334 g/mol. The molecule has 0 saturated heterocycles. The van der Waals surface area contributed by atoms with E-state index in [1.807, 2.05) is 37.3 Å². The van der Waals surface area contributed by atoms with Crippen LogP contribution in [0, 0.1) is 6.92 Å². The highest BCUT2D eigenvalue weighted by Gasteiger charge is 2.23. The fraction of sp³-hybridized carbons (Fsp3) is 0.235. The molecule has 3 aromatic heterocycles. The highest BCUT2D eigenvalue weighted by Crippen LogP contribution is 2.38. The Hall–Kier alpha value is -2.67. The molecule has 5 rings (SSSR count). The molecule has 0 spiro atoms. The molecule has 0 radical (unpaired) electrons. The lowest BCUT2D eigenvalue weighted by Crippen LogP contribution is -2.05. The van der Waals surface area contributed by atoms with Crippen molar-refractivity contribution in [3.63, 3.8) is 0 Å². The van der Waals surface area contributed by atoms with E-state index < -0.39 is 0 Å². The lowest BCUT2D eigenvalue weighted by atomic mass is 10.2. The maximum Gasteiger partial charge on any atom is 0.205 e. The number of hydrogen-bond acceptors (Lipinski definition) is 6. The third kappa shape index (κ3) is 2.05. The van der Waals surface area contributed by atoms with Gasteiger partial charge in [-0.2, -0.15) is 0 Å². The second kappa shape index (κ2) is 5.17. The molecule has 3 heterocycles. The first-order valence-electron chi connectivity index (χ1n) is 7.94. The number of tetrazole rings is 1. The third-order valence-corrected chi connectivity index (χ3v) is 5.48. The van der Waals surface area contributed by atoms with Gasteiger partial charge in [-0.15, -0.1) is 26.3 Å². The van der Waals surface area contributed by atoms with Crippen LogP contribution in [0.2, 0.25) is 0 Å². The largest absolute Gasteiger partial charge is 0.222 e. The van der Waals surface area contributed by atoms with Crippen LogP contribution in [0.25, 0.3) is 27.4 Å². The summed E-state index contributed by atoms with van der Waals surface area (Å²) < 4.78 is 0. The highest BCUT2D eigenvalue weighted by molar-refractivity contribution is 7.19. The van der Waals surface area contributed by atoms with Crippen LogP contribution in [0.1, 0.15) is 22.7 Å². The van der Waals surface area contributed by atoms with Crippen molar-refractivity contribution in [3.05, 3.63) is 46.6 Å². The van der Waals surface area contributed by atoms with Gasteiger partial charge >= 0.3 is 0 Å². The Morgan fingerprint density at radius 1 is 1.08 bits per heavy atom. The van der Waals surface area contributed by atoms with E-state index in [1.54, 1.807) is 16.1 Å². The maximum absolute atomic E-state index is 4.62. The van der Waals surface area contributed by atoms with Crippen molar-refractivity contribution in [1.29, 1.82) is 0 Å². The average Bonchev–Trinajstić information content (AvgIpc) is 3.30. The Kier molecular flexibility index (Phi) is 2.96. The van der Waals surface area contributed by atoms with Crippen LogP contribution in [0.4, 0.5) is 0 Å². The van der Waals surface area contributed by atoms with Crippen molar-refractivity contribution in [2.24, 2.45) is 0 Å². The summed E-state index contributed by atoms with van der Waals surface area (Å²) in [4.78, 5) is 13.2. The Balaban J connectivity index is 1.71. The van der Waals surface area contributed by atoms with E-state index >= 15 is 0 Å². The van der Waals surface area contributed by atoms with Gasteiger partial charge in [0.2, 0.25) is 5.82 Å². The molecule has 1 aliphatic rings. The molecular formula is C17H14N6S. The number of fused-ring (bicyclic) bond motifs is 3. The van der Waals surface area contributed by atoms with Gasteiger partial charge in [0.05, 0.1) is 5.39 Å². The number of hydrogen-bond donors (Lipinski definition) is 0. The zero-order valence-corrected chi connectivity index (χ0v) is 13.9. The summed E-state index contributed by atoms with van der Waals surface area (Å²) in [7, 11) is 0. The van der Waals surface area contributed by atoms with E-state index in [9.17, 15) is 0 Å². The predicted octanol–water partition coefficient (Wildman–Crippen LogP) is 3.13. The minimum atomic E-state index is 0.604. The van der Waals surface area contributed by atoms with E-state index in [0.717, 1.165) is 40.3 Å². The Bertz CT molecular complexity index is 1050. The topological polar surface area (TPSA) is 69.4 Å². The number of nitrogens with zero attached hydrogens (tertiary/aromatic N) is 6. The minimum Gasteiger partial charge on any atom is -0.222 e. The molecule has 1 aromatic carbocycles. The van der Waals surface area contributed by atoms with Gasteiger partial charge in [0.15, 0.2) is 5.82 Å². The summed E-state index contributed by atoms with van der Waals surface area (Å²) in [5.41, 5.74) is 2.31. The molecule has 0 fully saturated rings. The summed E-state index contributed by atoms with van der Waals surface area (Å²) >= 11 is 1.77. The van der Waals surface area contributed by atoms with Gasteiger partial charge in [0.25, 0.3) is 0 Å². The van der Waals surface area contributed by atoms with Crippen molar-refractivity contribution >= 4 is 21.6 Å². The number of rotatable bonds is 2. The summed E-state index contributed by atoms with van der Waals surface area (Å²) in [6.07, 6.45) is 3.41. The molecule has 7 heteroatoms. The van der Waals surface area contributed by atoms with Gasteiger partial charge in [0, 0.05) is 10.4 Å². The molecular weight excluding hydrogens is 320 g/mol. The lowest BCUT2D eigenvalue weighted by molar-refractivity contribution is 0.701. The molecule has 0 aliphatic heterocycles. The van der Waals surface area contributed by atoms with Crippen molar-refractivity contribution in [2.45, 2.75) is 26.2 Å². The molecule has 0 saturated carbocycles. The first-order valence-corrected chi connectivity index (χ1v) is 8.76. The second-order valence-corrected chi connectivity index (χ2v) is 6.98. The van der Waals surface area contributed by atoms with Gasteiger partial charge in [-0.1, -0.05) is 30.3 Å². The van der Waals surface area contributed by atoms with Crippen LogP contribution in [0.3, 0.4) is 0 Å². The summed E-state index contributed by atoms with van der Waals surface area (Å²) in [6.45, 7) is 1.91. The maximum atomic E-state index is 4.62. The van der Waals surface area contributed by atoms with E-state index in [2.05, 4.69) is 25.4 Å². The summed E-state index contributed by atoms with van der Waals surface area (Å²) in [6, 6.07) is 9.86. The second-order valence-electron chi connectivity index (χ2n) is 5.90. The fourth-order valence-corrected chi connectivity index (χ4v) is 4.53. The van der Waals surface area contributed by atoms with Crippen LogP contribution in [0.15, 0.2) is 30.3 Å². The Labute approximate surface area is 142 Å². The number of benzene rings is 1. The molecule has 0 N–H and O–H groups in total. The van der Waals surface area contributed by atoms with Crippen LogP contribution < -0.4 is 0 Å². The van der Waals surface area contributed by atoms with E-state index in [4.69, 9.17) is 0 Å². The van der Waals surface area contributed by atoms with E-state index in [1.165, 1.54) is 16.9 Å². The van der Waals surface area contributed by atoms with Crippen molar-refractivity contribution in [2.75, 3.05) is 0 Å². The summed E-state index contributed by atoms with van der Waals surface area (Å²) in [5.74, 6) is 2.08. The molecule has 24 heavy (non-hydrogen) atoms. The molecule has 1 aliphatic carbocycles. The van der Waals surface area contributed by atoms with Crippen molar-refractivity contribution < 1.29 is 0 Å². The first-order chi connectivity index (χ1) is 11.8. The minimum absolute atomic E-state index is 0.604. The lowest BCUT2D eigenvalue weighted by Gasteiger charge is -2.03. The predicted molar refractivity (Wildman–Crippen MR) is 92.3 cm³/mol. The summed E-state index contributed by atoms with van der Waals surface area (Å²) in [5, 5.41) is 14.1. The molecule has 0 bridgehead atoms. The van der Waals surface area contributed by atoms with Gasteiger partial charge in [0.1, 0.15) is 10.7 Å². The van der Waals surface area contributed by atoms with Crippen molar-refractivity contribution in [3.8, 4) is 17.2 Å². The molecule has 118 valence electrons. The van der Waals surface area contributed by atoms with Gasteiger partial charge in [-0.25, -0.2) is 9.97 Å². The van der Waals surface area contributed by atoms with E-state index in [-0.39, 0.29) is 0 Å². The first kappa shape index (κ1) is 13.7. The van der Waals surface area contributed by atoms with E-state index in [0.29, 0.717) is 5.82 Å². The quantitative estimate of drug-likeness (QED) is 0.563. The van der Waals surface area contributed by atoms with Crippen LogP contribution in [0.5, 0.6) is 0 Å². The molecule has 0 atom stereocenters.